The van der Waals surface area contributed by atoms with E-state index in [0.29, 0.717) is 16.9 Å². The Morgan fingerprint density at radius 2 is 1.85 bits per heavy atom. The van der Waals surface area contributed by atoms with Crippen molar-refractivity contribution in [3.8, 4) is 0 Å². The van der Waals surface area contributed by atoms with Crippen molar-refractivity contribution in [2.24, 2.45) is 0 Å². The predicted octanol–water partition coefficient (Wildman–Crippen LogP) is 4.32. The molecule has 0 atom stereocenters. The Hall–Kier alpha value is -2.14. The maximum Gasteiger partial charge on any atom is 0.272 e. The van der Waals surface area contributed by atoms with E-state index in [1.165, 1.54) is 12.1 Å². The molecular weight excluding hydrogens is 323 g/mol. The minimum Gasteiger partial charge on any atom is -0.350 e. The zero-order chi connectivity index (χ0) is 14.1. The van der Waals surface area contributed by atoms with Crippen molar-refractivity contribution in [2.75, 3.05) is 5.32 Å². The number of carbonyl (C=O) groups is 1. The summed E-state index contributed by atoms with van der Waals surface area (Å²) in [4.78, 5) is 15.0. The van der Waals surface area contributed by atoms with E-state index in [1.807, 2.05) is 12.1 Å². The van der Waals surface area contributed by atoms with Crippen LogP contribution in [0.3, 0.4) is 0 Å². The van der Waals surface area contributed by atoms with Gasteiger partial charge in [0, 0.05) is 21.1 Å². The highest BCUT2D eigenvalue weighted by atomic mass is 79.9. The molecule has 2 N–H and O–H groups in total. The van der Waals surface area contributed by atoms with Gasteiger partial charge in [0.05, 0.1) is 0 Å². The molecule has 0 saturated heterocycles. The van der Waals surface area contributed by atoms with Crippen LogP contribution in [0.2, 0.25) is 0 Å². The topological polar surface area (TPSA) is 44.9 Å². The summed E-state index contributed by atoms with van der Waals surface area (Å²) in [6.45, 7) is 0. The molecule has 20 heavy (non-hydrogen) atoms. The number of hydrogen-bond acceptors (Lipinski definition) is 1. The summed E-state index contributed by atoms with van der Waals surface area (Å²) in [5.74, 6) is -0.594. The summed E-state index contributed by atoms with van der Waals surface area (Å²) >= 11 is 3.33. The SMILES string of the molecule is O=C(Nc1ccc(Br)cc1)c1cc2ccc(F)cc2[nH]1. The molecule has 3 nitrogen and oxygen atoms in total. The Labute approximate surface area is 122 Å². The fraction of sp³-hybridized carbons (Fsp3) is 0. The summed E-state index contributed by atoms with van der Waals surface area (Å²) < 4.78 is 14.0. The Morgan fingerprint density at radius 1 is 1.10 bits per heavy atom. The number of H-pyrrole nitrogens is 1. The lowest BCUT2D eigenvalue weighted by Crippen LogP contribution is -2.11. The summed E-state index contributed by atoms with van der Waals surface area (Å²) in [6, 6.07) is 13.3. The quantitative estimate of drug-likeness (QED) is 0.721. The highest BCUT2D eigenvalue weighted by Gasteiger charge is 2.10. The molecular formula is C15H10BrFN2O. The number of carbonyl (C=O) groups excluding carboxylic acids is 1. The van der Waals surface area contributed by atoms with Crippen molar-refractivity contribution in [1.29, 1.82) is 0 Å². The van der Waals surface area contributed by atoms with E-state index in [0.717, 1.165) is 9.86 Å². The van der Waals surface area contributed by atoms with Gasteiger partial charge in [-0.15, -0.1) is 0 Å². The van der Waals surface area contributed by atoms with Crippen LogP contribution in [0.5, 0.6) is 0 Å². The highest BCUT2D eigenvalue weighted by molar-refractivity contribution is 9.10. The molecule has 0 unspecified atom stereocenters. The zero-order valence-corrected chi connectivity index (χ0v) is 11.9. The molecule has 0 aliphatic rings. The standard InChI is InChI=1S/C15H10BrFN2O/c16-10-2-5-12(6-3-10)18-15(20)14-7-9-1-4-11(17)8-13(9)19-14/h1-8,19H,(H,18,20). The molecule has 2 aromatic carbocycles. The summed E-state index contributed by atoms with van der Waals surface area (Å²) in [5.41, 5.74) is 1.70. The van der Waals surface area contributed by atoms with Crippen LogP contribution in [0.1, 0.15) is 10.5 Å². The molecule has 0 fully saturated rings. The number of benzene rings is 2. The van der Waals surface area contributed by atoms with Gasteiger partial charge in [0.15, 0.2) is 0 Å². The molecule has 0 aliphatic heterocycles. The van der Waals surface area contributed by atoms with Gasteiger partial charge < -0.3 is 10.3 Å². The minimum absolute atomic E-state index is 0.260. The molecule has 0 aliphatic carbocycles. The van der Waals surface area contributed by atoms with Gasteiger partial charge in [0.2, 0.25) is 0 Å². The Balaban J connectivity index is 1.86. The van der Waals surface area contributed by atoms with Crippen LogP contribution in [0.4, 0.5) is 10.1 Å². The van der Waals surface area contributed by atoms with Crippen molar-refractivity contribution in [3.05, 3.63) is 64.5 Å². The smallest absolute Gasteiger partial charge is 0.272 e. The average Bonchev–Trinajstić information content (AvgIpc) is 2.84. The number of rotatable bonds is 2. The predicted molar refractivity (Wildman–Crippen MR) is 80.4 cm³/mol. The third-order valence-corrected chi connectivity index (χ3v) is 3.46. The first kappa shape index (κ1) is 12.9. The van der Waals surface area contributed by atoms with Gasteiger partial charge in [-0.05, 0) is 48.5 Å². The van der Waals surface area contributed by atoms with Crippen molar-refractivity contribution >= 4 is 38.4 Å². The number of amides is 1. The molecule has 3 rings (SSSR count). The lowest BCUT2D eigenvalue weighted by Gasteiger charge is -2.03. The number of anilines is 1. The van der Waals surface area contributed by atoms with Gasteiger partial charge in [-0.3, -0.25) is 4.79 Å². The van der Waals surface area contributed by atoms with Gasteiger partial charge in [-0.2, -0.15) is 0 Å². The van der Waals surface area contributed by atoms with Crippen LogP contribution in [0.15, 0.2) is 53.0 Å². The van der Waals surface area contributed by atoms with Crippen LogP contribution in [-0.2, 0) is 0 Å². The number of aromatic amines is 1. The average molecular weight is 333 g/mol. The number of halogens is 2. The number of nitrogens with one attached hydrogen (secondary N) is 2. The largest absolute Gasteiger partial charge is 0.350 e. The lowest BCUT2D eigenvalue weighted by molar-refractivity contribution is 0.102. The molecule has 0 radical (unpaired) electrons. The molecule has 0 spiro atoms. The van der Waals surface area contributed by atoms with E-state index in [1.54, 1.807) is 24.3 Å². The second-order valence-corrected chi connectivity index (χ2v) is 5.29. The first-order valence-electron chi connectivity index (χ1n) is 5.97. The van der Waals surface area contributed by atoms with E-state index in [-0.39, 0.29) is 11.7 Å². The maximum absolute atomic E-state index is 13.1. The van der Waals surface area contributed by atoms with E-state index in [9.17, 15) is 9.18 Å². The fourth-order valence-corrected chi connectivity index (χ4v) is 2.22. The van der Waals surface area contributed by atoms with Crippen molar-refractivity contribution in [2.45, 2.75) is 0 Å². The minimum atomic E-state index is -0.334. The highest BCUT2D eigenvalue weighted by Crippen LogP contribution is 2.18. The van der Waals surface area contributed by atoms with Crippen LogP contribution in [0.25, 0.3) is 10.9 Å². The Bertz CT molecular complexity index is 780. The van der Waals surface area contributed by atoms with Crippen LogP contribution >= 0.6 is 15.9 Å². The monoisotopic (exact) mass is 332 g/mol. The van der Waals surface area contributed by atoms with E-state index in [4.69, 9.17) is 0 Å². The van der Waals surface area contributed by atoms with Crippen molar-refractivity contribution < 1.29 is 9.18 Å². The second-order valence-electron chi connectivity index (χ2n) is 4.38. The first-order valence-corrected chi connectivity index (χ1v) is 6.76. The van der Waals surface area contributed by atoms with E-state index in [2.05, 4.69) is 26.2 Å². The van der Waals surface area contributed by atoms with Gasteiger partial charge in [-0.1, -0.05) is 15.9 Å². The molecule has 1 amide bonds. The van der Waals surface area contributed by atoms with Gasteiger partial charge >= 0.3 is 0 Å². The fourth-order valence-electron chi connectivity index (χ4n) is 1.95. The van der Waals surface area contributed by atoms with Crippen molar-refractivity contribution in [3.63, 3.8) is 0 Å². The van der Waals surface area contributed by atoms with Gasteiger partial charge in [0.25, 0.3) is 5.91 Å². The molecule has 1 heterocycles. The third kappa shape index (κ3) is 2.58. The molecule has 1 aromatic heterocycles. The van der Waals surface area contributed by atoms with Crippen LogP contribution in [-0.4, -0.2) is 10.9 Å². The van der Waals surface area contributed by atoms with Gasteiger partial charge in [0.1, 0.15) is 11.5 Å². The first-order chi connectivity index (χ1) is 9.61. The van der Waals surface area contributed by atoms with Crippen molar-refractivity contribution in [1.82, 2.24) is 4.98 Å². The number of aromatic nitrogens is 1. The number of fused-ring (bicyclic) bond motifs is 1. The molecule has 3 aromatic rings. The lowest BCUT2D eigenvalue weighted by atomic mass is 10.2. The summed E-state index contributed by atoms with van der Waals surface area (Å²) in [6.07, 6.45) is 0. The summed E-state index contributed by atoms with van der Waals surface area (Å²) in [5, 5.41) is 3.57. The maximum atomic E-state index is 13.1. The molecule has 0 bridgehead atoms. The Kier molecular flexibility index (Phi) is 3.28. The zero-order valence-electron chi connectivity index (χ0n) is 10.3. The van der Waals surface area contributed by atoms with E-state index >= 15 is 0 Å². The second kappa shape index (κ2) is 5.09. The van der Waals surface area contributed by atoms with Crippen LogP contribution < -0.4 is 5.32 Å². The third-order valence-electron chi connectivity index (χ3n) is 2.93. The number of hydrogen-bond donors (Lipinski definition) is 2. The summed E-state index contributed by atoms with van der Waals surface area (Å²) in [7, 11) is 0. The van der Waals surface area contributed by atoms with E-state index < -0.39 is 0 Å². The molecule has 5 heteroatoms. The Morgan fingerprint density at radius 3 is 2.60 bits per heavy atom. The van der Waals surface area contributed by atoms with Gasteiger partial charge in [-0.25, -0.2) is 4.39 Å². The molecule has 0 saturated carbocycles. The van der Waals surface area contributed by atoms with Crippen LogP contribution in [0, 0.1) is 5.82 Å². The molecule has 100 valence electrons. The normalized spacial score (nSPS) is 10.7.